The lowest BCUT2D eigenvalue weighted by atomic mass is 10.2. The number of amidine groups is 1. The van der Waals surface area contributed by atoms with E-state index < -0.39 is 6.04 Å². The van der Waals surface area contributed by atoms with Crippen LogP contribution in [0.5, 0.6) is 0 Å². The molecule has 0 spiro atoms. The summed E-state index contributed by atoms with van der Waals surface area (Å²) in [5, 5.41) is 7.97. The first-order chi connectivity index (χ1) is 14.2. The van der Waals surface area contributed by atoms with E-state index in [9.17, 15) is 4.79 Å². The fraction of sp³-hybridized carbons (Fsp3) is 0.500. The zero-order chi connectivity index (χ0) is 20.0. The summed E-state index contributed by atoms with van der Waals surface area (Å²) in [6, 6.07) is 3.39. The molecule has 1 N–H and O–H groups in total. The lowest BCUT2D eigenvalue weighted by Crippen LogP contribution is -2.38. The Hall–Kier alpha value is -2.94. The Morgan fingerprint density at radius 3 is 2.93 bits per heavy atom. The fourth-order valence-electron chi connectivity index (χ4n) is 4.03. The van der Waals surface area contributed by atoms with Crippen molar-refractivity contribution >= 4 is 29.1 Å². The lowest BCUT2D eigenvalue weighted by Gasteiger charge is -2.23. The van der Waals surface area contributed by atoms with Crippen LogP contribution in [-0.4, -0.2) is 65.9 Å². The molecule has 152 valence electrons. The van der Waals surface area contributed by atoms with E-state index in [1.807, 2.05) is 23.2 Å². The maximum atomic E-state index is 12.3. The van der Waals surface area contributed by atoms with Crippen LogP contribution in [0.1, 0.15) is 19.3 Å². The molecule has 0 amide bonds. The Kier molecular flexibility index (Phi) is 4.46. The van der Waals surface area contributed by atoms with Crippen molar-refractivity contribution in [1.82, 2.24) is 14.6 Å². The summed E-state index contributed by atoms with van der Waals surface area (Å²) < 4.78 is 12.2. The number of carbonyl (C=O) groups is 1. The molecule has 0 radical (unpaired) electrons. The first kappa shape index (κ1) is 18.1. The Morgan fingerprint density at radius 2 is 2.17 bits per heavy atom. The molecule has 0 unspecified atom stereocenters. The third-order valence-electron chi connectivity index (χ3n) is 5.81. The van der Waals surface area contributed by atoms with Crippen LogP contribution in [0.2, 0.25) is 0 Å². The highest BCUT2D eigenvalue weighted by atomic mass is 16.5. The van der Waals surface area contributed by atoms with Crippen LogP contribution in [-0.2, 0) is 14.3 Å². The van der Waals surface area contributed by atoms with E-state index in [1.165, 1.54) is 25.5 Å². The van der Waals surface area contributed by atoms with Gasteiger partial charge in [-0.3, -0.25) is 4.99 Å². The van der Waals surface area contributed by atoms with E-state index in [-0.39, 0.29) is 12.1 Å². The standard InChI is InChI=1S/C20H24N6O3/c1-28-14-9-16(19(27)29-2)25(11-14)20-23-18(15-4-3-7-26(15)24-20)22-17-8-13(10-21-17)12-5-6-12/h3-4,7-8,12,14,16H,5-6,9-11H2,1-2H3,(H,21,22,23,24)/t14-,16-/m0/s1. The quantitative estimate of drug-likeness (QED) is 0.768. The SMILES string of the molecule is COC(=O)[C@@H]1C[C@H](OC)CN1c1nc(NC2=NCC(C3CC3)=C2)c2cccn2n1. The van der Waals surface area contributed by atoms with Crippen molar-refractivity contribution in [3.05, 3.63) is 30.0 Å². The minimum absolute atomic E-state index is 0.0808. The predicted octanol–water partition coefficient (Wildman–Crippen LogP) is 1.66. The number of rotatable bonds is 5. The molecule has 3 aliphatic rings. The van der Waals surface area contributed by atoms with Gasteiger partial charge in [0, 0.05) is 26.3 Å². The first-order valence-electron chi connectivity index (χ1n) is 9.91. The van der Waals surface area contributed by atoms with Gasteiger partial charge < -0.3 is 19.7 Å². The molecular formula is C20H24N6O3. The average Bonchev–Trinajstić information content (AvgIpc) is 3.13. The number of aliphatic imine (C=N–C) groups is 1. The normalized spacial score (nSPS) is 24.0. The summed E-state index contributed by atoms with van der Waals surface area (Å²) in [6.07, 6.45) is 6.99. The van der Waals surface area contributed by atoms with Gasteiger partial charge in [-0.2, -0.15) is 4.98 Å². The Balaban J connectivity index is 1.48. The molecule has 1 saturated carbocycles. The summed E-state index contributed by atoms with van der Waals surface area (Å²) >= 11 is 0. The van der Waals surface area contributed by atoms with Crippen LogP contribution in [0.15, 0.2) is 35.0 Å². The average molecular weight is 396 g/mol. The minimum atomic E-state index is -0.476. The maximum Gasteiger partial charge on any atom is 0.328 e. The van der Waals surface area contributed by atoms with Crippen molar-refractivity contribution in [3.8, 4) is 0 Å². The highest BCUT2D eigenvalue weighted by Gasteiger charge is 2.39. The van der Waals surface area contributed by atoms with Crippen molar-refractivity contribution in [2.24, 2.45) is 10.9 Å². The molecule has 2 atom stereocenters. The van der Waals surface area contributed by atoms with Gasteiger partial charge in [0.2, 0.25) is 5.95 Å². The van der Waals surface area contributed by atoms with Gasteiger partial charge in [-0.15, -0.1) is 5.10 Å². The summed E-state index contributed by atoms with van der Waals surface area (Å²) in [6.45, 7) is 1.28. The van der Waals surface area contributed by atoms with Gasteiger partial charge >= 0.3 is 5.97 Å². The number of nitrogens with one attached hydrogen (secondary N) is 1. The summed E-state index contributed by atoms with van der Waals surface area (Å²) in [7, 11) is 3.04. The zero-order valence-electron chi connectivity index (χ0n) is 16.5. The van der Waals surface area contributed by atoms with Crippen molar-refractivity contribution in [2.75, 3.05) is 37.5 Å². The molecule has 9 heteroatoms. The first-order valence-corrected chi connectivity index (χ1v) is 9.91. The van der Waals surface area contributed by atoms with Crippen LogP contribution in [0, 0.1) is 5.92 Å². The van der Waals surface area contributed by atoms with Gasteiger partial charge in [0.25, 0.3) is 0 Å². The monoisotopic (exact) mass is 396 g/mol. The molecule has 9 nitrogen and oxygen atoms in total. The number of anilines is 2. The number of hydrogen-bond acceptors (Lipinski definition) is 8. The Labute approximate surface area is 168 Å². The summed E-state index contributed by atoms with van der Waals surface area (Å²) in [5.74, 6) is 2.32. The highest BCUT2D eigenvalue weighted by molar-refractivity contribution is 6.07. The number of fused-ring (bicyclic) bond motifs is 1. The number of methoxy groups -OCH3 is 2. The molecule has 5 rings (SSSR count). The molecule has 4 heterocycles. The predicted molar refractivity (Wildman–Crippen MR) is 108 cm³/mol. The van der Waals surface area contributed by atoms with Gasteiger partial charge in [0.1, 0.15) is 17.4 Å². The smallest absolute Gasteiger partial charge is 0.328 e. The van der Waals surface area contributed by atoms with E-state index in [2.05, 4.69) is 21.5 Å². The van der Waals surface area contributed by atoms with E-state index in [1.54, 1.807) is 11.6 Å². The molecule has 1 aliphatic carbocycles. The second kappa shape index (κ2) is 7.14. The molecule has 2 fully saturated rings. The van der Waals surface area contributed by atoms with Gasteiger partial charge in [0.15, 0.2) is 5.82 Å². The van der Waals surface area contributed by atoms with Crippen LogP contribution >= 0.6 is 0 Å². The van der Waals surface area contributed by atoms with E-state index in [0.717, 1.165) is 17.9 Å². The van der Waals surface area contributed by atoms with Crippen molar-refractivity contribution in [3.63, 3.8) is 0 Å². The molecule has 2 aromatic rings. The Morgan fingerprint density at radius 1 is 1.31 bits per heavy atom. The van der Waals surface area contributed by atoms with Gasteiger partial charge in [-0.1, -0.05) is 0 Å². The van der Waals surface area contributed by atoms with Crippen molar-refractivity contribution < 1.29 is 14.3 Å². The van der Waals surface area contributed by atoms with E-state index >= 15 is 0 Å². The molecule has 0 aromatic carbocycles. The van der Waals surface area contributed by atoms with Gasteiger partial charge in [0.05, 0.1) is 19.8 Å². The number of carbonyl (C=O) groups excluding carboxylic acids is 1. The number of aromatic nitrogens is 3. The molecule has 2 aromatic heterocycles. The number of nitrogens with zero attached hydrogens (tertiary/aromatic N) is 5. The number of esters is 1. The Bertz CT molecular complexity index is 1010. The summed E-state index contributed by atoms with van der Waals surface area (Å²) in [5.41, 5.74) is 2.24. The van der Waals surface area contributed by atoms with E-state index in [0.29, 0.717) is 30.6 Å². The van der Waals surface area contributed by atoms with Crippen LogP contribution in [0.4, 0.5) is 11.8 Å². The number of hydrogen-bond donors (Lipinski definition) is 1. The maximum absolute atomic E-state index is 12.3. The zero-order valence-corrected chi connectivity index (χ0v) is 16.5. The third kappa shape index (κ3) is 3.35. The molecule has 1 saturated heterocycles. The van der Waals surface area contributed by atoms with E-state index in [4.69, 9.17) is 14.5 Å². The molecule has 2 aliphatic heterocycles. The van der Waals surface area contributed by atoms with Gasteiger partial charge in [-0.05, 0) is 42.5 Å². The van der Waals surface area contributed by atoms with Crippen LogP contribution in [0.3, 0.4) is 0 Å². The molecule has 29 heavy (non-hydrogen) atoms. The topological polar surface area (TPSA) is 93.4 Å². The van der Waals surface area contributed by atoms with Crippen LogP contribution < -0.4 is 10.2 Å². The van der Waals surface area contributed by atoms with Crippen molar-refractivity contribution in [2.45, 2.75) is 31.4 Å². The summed E-state index contributed by atoms with van der Waals surface area (Å²) in [4.78, 5) is 23.5. The lowest BCUT2D eigenvalue weighted by molar-refractivity contribution is -0.142. The molecule has 0 bridgehead atoms. The molecular weight excluding hydrogens is 372 g/mol. The van der Waals surface area contributed by atoms with Gasteiger partial charge in [-0.25, -0.2) is 9.31 Å². The minimum Gasteiger partial charge on any atom is -0.467 e. The third-order valence-corrected chi connectivity index (χ3v) is 5.81. The number of ether oxygens (including phenoxy) is 2. The fourth-order valence-corrected chi connectivity index (χ4v) is 4.03. The van der Waals surface area contributed by atoms with Crippen molar-refractivity contribution in [1.29, 1.82) is 0 Å². The highest BCUT2D eigenvalue weighted by Crippen LogP contribution is 2.38. The second-order valence-electron chi connectivity index (χ2n) is 7.70. The van der Waals surface area contributed by atoms with Crippen LogP contribution in [0.25, 0.3) is 5.52 Å². The second-order valence-corrected chi connectivity index (χ2v) is 7.70. The largest absolute Gasteiger partial charge is 0.467 e.